The topological polar surface area (TPSA) is 73.7 Å². The van der Waals surface area contributed by atoms with Crippen LogP contribution in [-0.4, -0.2) is 75.7 Å². The molecule has 0 amide bonds. The smallest absolute Gasteiger partial charge is 0.307 e. The van der Waals surface area contributed by atoms with E-state index in [0.29, 0.717) is 51.7 Å². The van der Waals surface area contributed by atoms with E-state index >= 15 is 0 Å². The number of thioether (sulfide) groups is 2. The Morgan fingerprint density at radius 1 is 0.593 bits per heavy atom. The fourth-order valence-electron chi connectivity index (χ4n) is 6.77. The number of imidazole rings is 1. The third-order valence-electron chi connectivity index (χ3n) is 10.2. The summed E-state index contributed by atoms with van der Waals surface area (Å²) in [6.45, 7) is 11.4. The summed E-state index contributed by atoms with van der Waals surface area (Å²) in [6.07, 6.45) is 37.3. The van der Waals surface area contributed by atoms with Gasteiger partial charge in [0.05, 0.1) is 19.4 Å². The Morgan fingerprint density at radius 2 is 0.963 bits per heavy atom. The lowest BCUT2D eigenvalue weighted by Crippen LogP contribution is -2.31. The molecule has 0 aliphatic heterocycles. The van der Waals surface area contributed by atoms with Crippen molar-refractivity contribution in [3.63, 3.8) is 0 Å². The summed E-state index contributed by atoms with van der Waals surface area (Å²) in [6, 6.07) is 0.291. The molecule has 0 saturated heterocycles. The molecule has 1 heterocycles. The summed E-state index contributed by atoms with van der Waals surface area (Å²) in [5, 5.41) is 0. The number of aromatic nitrogens is 2. The molecule has 0 atom stereocenters. The number of ether oxygens (including phenoxy) is 2. The van der Waals surface area contributed by atoms with Crippen molar-refractivity contribution in [1.82, 2.24) is 14.5 Å². The van der Waals surface area contributed by atoms with Crippen LogP contribution in [0.15, 0.2) is 12.4 Å². The van der Waals surface area contributed by atoms with Crippen LogP contribution in [0.1, 0.15) is 207 Å². The summed E-state index contributed by atoms with van der Waals surface area (Å²) in [7, 11) is 0. The van der Waals surface area contributed by atoms with E-state index in [4.69, 9.17) is 9.47 Å². The third-order valence-corrected chi connectivity index (χ3v) is 12.3. The van der Waals surface area contributed by atoms with Crippen LogP contribution in [0.25, 0.3) is 0 Å². The van der Waals surface area contributed by atoms with Crippen LogP contribution in [-0.2, 0) is 25.6 Å². The van der Waals surface area contributed by atoms with Gasteiger partial charge in [0.25, 0.3) is 0 Å². The normalized spacial score (nSPS) is 11.6. The molecule has 7 nitrogen and oxygen atoms in total. The molecule has 0 aliphatic rings. The second-order valence-corrected chi connectivity index (χ2v) is 18.0. The predicted octanol–water partition coefficient (Wildman–Crippen LogP) is 13.0. The fourth-order valence-corrected chi connectivity index (χ4v) is 8.40. The molecule has 0 aliphatic carbocycles. The highest BCUT2D eigenvalue weighted by molar-refractivity contribution is 7.99. The van der Waals surface area contributed by atoms with Gasteiger partial charge < -0.3 is 14.0 Å². The largest absolute Gasteiger partial charge is 0.465 e. The average Bonchev–Trinajstić information content (AvgIpc) is 3.64. The van der Waals surface area contributed by atoms with Gasteiger partial charge in [-0.05, 0) is 38.2 Å². The van der Waals surface area contributed by atoms with Crippen molar-refractivity contribution in [3.8, 4) is 0 Å². The molecule has 0 unspecified atom stereocenters. The molecule has 1 aromatic heterocycles. The van der Waals surface area contributed by atoms with Crippen LogP contribution >= 0.6 is 23.5 Å². The number of esters is 2. The van der Waals surface area contributed by atoms with Crippen LogP contribution in [0.3, 0.4) is 0 Å². The molecular weight excluding hydrogens is 711 g/mol. The minimum Gasteiger partial charge on any atom is -0.465 e. The predicted molar refractivity (Wildman–Crippen MR) is 236 cm³/mol. The van der Waals surface area contributed by atoms with Gasteiger partial charge in [0.1, 0.15) is 19.0 Å². The first-order valence-corrected chi connectivity index (χ1v) is 25.0. The van der Waals surface area contributed by atoms with E-state index in [0.717, 1.165) is 28.8 Å². The van der Waals surface area contributed by atoms with E-state index in [-0.39, 0.29) is 11.9 Å². The van der Waals surface area contributed by atoms with Gasteiger partial charge in [-0.3, -0.25) is 14.5 Å². The standard InChI is InChI=1S/C45H85N3O4S2/c1-5-7-9-11-13-15-17-19-21-23-25-27-37-53-39-35-51-44(49)29-32-47(41-43-46-31-34-48(43)42(3)4)33-30-45(50)52-36-40-54-38-28-26-24-22-20-18-16-14-12-10-8-6-2/h31,34,42H,5-30,32-33,35-41H2,1-4H3. The second kappa shape index (κ2) is 38.7. The molecule has 1 aromatic rings. The lowest BCUT2D eigenvalue weighted by molar-refractivity contribution is -0.143. The summed E-state index contributed by atoms with van der Waals surface area (Å²) in [5.74, 6) is 4.57. The highest BCUT2D eigenvalue weighted by atomic mass is 32.2. The molecule has 0 fully saturated rings. The molecule has 0 aromatic carbocycles. The SMILES string of the molecule is CCCCCCCCCCCCCCSCCOC(=O)CCN(CCC(=O)OCCSCCCCCCCCCCCCCC)Cc1nccn1C(C)C. The zero-order valence-electron chi connectivity index (χ0n) is 35.8. The van der Waals surface area contributed by atoms with E-state index in [2.05, 4.69) is 42.1 Å². The van der Waals surface area contributed by atoms with Crippen molar-refractivity contribution < 1.29 is 19.1 Å². The number of hydrogen-bond acceptors (Lipinski definition) is 8. The summed E-state index contributed by atoms with van der Waals surface area (Å²) >= 11 is 3.77. The quantitative estimate of drug-likeness (QED) is 0.0479. The molecule has 1 rings (SSSR count). The summed E-state index contributed by atoms with van der Waals surface area (Å²) in [4.78, 5) is 31.9. The van der Waals surface area contributed by atoms with Crippen molar-refractivity contribution >= 4 is 35.5 Å². The van der Waals surface area contributed by atoms with E-state index < -0.39 is 0 Å². The Kier molecular flexibility index (Phi) is 36.4. The first-order chi connectivity index (χ1) is 26.5. The first kappa shape index (κ1) is 50.8. The maximum absolute atomic E-state index is 12.6. The minimum atomic E-state index is -0.175. The van der Waals surface area contributed by atoms with E-state index in [1.165, 1.54) is 154 Å². The maximum Gasteiger partial charge on any atom is 0.307 e. The van der Waals surface area contributed by atoms with Crippen molar-refractivity contribution in [2.45, 2.75) is 207 Å². The number of carbonyl (C=O) groups is 2. The van der Waals surface area contributed by atoms with Crippen LogP contribution in [0.2, 0.25) is 0 Å². The zero-order valence-corrected chi connectivity index (χ0v) is 37.4. The average molecular weight is 796 g/mol. The number of nitrogens with zero attached hydrogens (tertiary/aromatic N) is 3. The Morgan fingerprint density at radius 3 is 1.33 bits per heavy atom. The van der Waals surface area contributed by atoms with Gasteiger partial charge in [-0.2, -0.15) is 23.5 Å². The van der Waals surface area contributed by atoms with Gasteiger partial charge >= 0.3 is 11.9 Å². The molecule has 9 heteroatoms. The van der Waals surface area contributed by atoms with Crippen molar-refractivity contribution in [3.05, 3.63) is 18.2 Å². The zero-order chi connectivity index (χ0) is 39.2. The van der Waals surface area contributed by atoms with Crippen molar-refractivity contribution in [2.75, 3.05) is 49.3 Å². The first-order valence-electron chi connectivity index (χ1n) is 22.7. The fraction of sp³-hybridized carbons (Fsp3) is 0.889. The lowest BCUT2D eigenvalue weighted by atomic mass is 10.1. The van der Waals surface area contributed by atoms with E-state index in [9.17, 15) is 9.59 Å². The number of unbranched alkanes of at least 4 members (excludes halogenated alkanes) is 22. The monoisotopic (exact) mass is 796 g/mol. The van der Waals surface area contributed by atoms with Crippen LogP contribution in [0.4, 0.5) is 0 Å². The van der Waals surface area contributed by atoms with E-state index in [1.54, 1.807) is 0 Å². The minimum absolute atomic E-state index is 0.175. The highest BCUT2D eigenvalue weighted by Gasteiger charge is 2.16. The van der Waals surface area contributed by atoms with Gasteiger partial charge in [0.2, 0.25) is 0 Å². The van der Waals surface area contributed by atoms with Crippen molar-refractivity contribution in [2.24, 2.45) is 0 Å². The molecular formula is C45H85N3O4S2. The van der Waals surface area contributed by atoms with Crippen LogP contribution < -0.4 is 0 Å². The second-order valence-electron chi connectivity index (χ2n) is 15.6. The van der Waals surface area contributed by atoms with Gasteiger partial charge in [-0.1, -0.05) is 155 Å². The molecule has 0 saturated carbocycles. The Balaban J connectivity index is 2.15. The van der Waals surface area contributed by atoms with Gasteiger partial charge in [0.15, 0.2) is 0 Å². The number of carbonyl (C=O) groups excluding carboxylic acids is 2. The summed E-state index contributed by atoms with van der Waals surface area (Å²) in [5.41, 5.74) is 0. The van der Waals surface area contributed by atoms with Crippen molar-refractivity contribution in [1.29, 1.82) is 0 Å². The number of hydrogen-bond donors (Lipinski definition) is 0. The molecule has 0 radical (unpaired) electrons. The molecule has 0 bridgehead atoms. The molecule has 0 N–H and O–H groups in total. The Hall–Kier alpha value is -1.19. The maximum atomic E-state index is 12.6. The number of rotatable bonds is 41. The molecule has 0 spiro atoms. The highest BCUT2D eigenvalue weighted by Crippen LogP contribution is 2.16. The van der Waals surface area contributed by atoms with Crippen LogP contribution in [0, 0.1) is 0 Å². The summed E-state index contributed by atoms with van der Waals surface area (Å²) < 4.78 is 13.3. The lowest BCUT2D eigenvalue weighted by Gasteiger charge is -2.22. The van der Waals surface area contributed by atoms with Gasteiger partial charge in [0, 0.05) is 43.0 Å². The molecule has 316 valence electrons. The van der Waals surface area contributed by atoms with E-state index in [1.807, 2.05) is 35.9 Å². The van der Waals surface area contributed by atoms with Crippen LogP contribution in [0.5, 0.6) is 0 Å². The third kappa shape index (κ3) is 32.0. The Bertz CT molecular complexity index is 924. The Labute approximate surface area is 342 Å². The van der Waals surface area contributed by atoms with Gasteiger partial charge in [-0.25, -0.2) is 4.98 Å². The van der Waals surface area contributed by atoms with Gasteiger partial charge in [-0.15, -0.1) is 0 Å². The molecule has 54 heavy (non-hydrogen) atoms.